The number of nitrogens with one attached hydrogen (secondary N) is 1. The van der Waals surface area contributed by atoms with Gasteiger partial charge < -0.3 is 10.2 Å². The number of amides is 2. The average Bonchev–Trinajstić information content (AvgIpc) is 2.60. The largest absolute Gasteiger partial charge is 0.322 e. The Hall–Kier alpha value is -2.58. The van der Waals surface area contributed by atoms with Crippen molar-refractivity contribution >= 4 is 22.5 Å². The smallest absolute Gasteiger partial charge is 0.321 e. The Bertz CT molecular complexity index is 794. The zero-order valence-corrected chi connectivity index (χ0v) is 14.8. The second kappa shape index (κ2) is 7.80. The first-order valence-electron chi connectivity index (χ1n) is 7.46. The van der Waals surface area contributed by atoms with Gasteiger partial charge in [0.25, 0.3) is 0 Å². The van der Waals surface area contributed by atoms with E-state index in [-0.39, 0.29) is 12.1 Å². The molecule has 4 nitrogen and oxygen atoms in total. The second-order valence-electron chi connectivity index (χ2n) is 5.47. The Labute approximate surface area is 145 Å². The Morgan fingerprint density at radius 3 is 2.50 bits per heavy atom. The lowest BCUT2D eigenvalue weighted by molar-refractivity contribution is 0.208. The van der Waals surface area contributed by atoms with Crippen LogP contribution in [0.3, 0.4) is 0 Å². The molecule has 0 aliphatic heterocycles. The van der Waals surface area contributed by atoms with Gasteiger partial charge in [-0.3, -0.25) is 4.21 Å². The fourth-order valence-corrected chi connectivity index (χ4v) is 2.76. The minimum Gasteiger partial charge on any atom is -0.321 e. The summed E-state index contributed by atoms with van der Waals surface area (Å²) in [6, 6.07) is 14.2. The number of nitrogens with zero attached hydrogens (tertiary/aromatic N) is 1. The van der Waals surface area contributed by atoms with Gasteiger partial charge in [-0.1, -0.05) is 24.1 Å². The predicted molar refractivity (Wildman–Crippen MR) is 98.3 cm³/mol. The number of terminal acetylenes is 1. The maximum atomic E-state index is 12.4. The highest BCUT2D eigenvalue weighted by molar-refractivity contribution is 7.84. The molecular weight excluding hydrogens is 320 g/mol. The van der Waals surface area contributed by atoms with E-state index in [1.807, 2.05) is 31.2 Å². The molecule has 2 rings (SSSR count). The minimum atomic E-state index is -1.01. The SMILES string of the molecule is C#Cc1cccc(NC(=O)N(C)[C@@H](C)c2ccc([S@@](C)=O)cc2)c1. The molecule has 0 saturated heterocycles. The van der Waals surface area contributed by atoms with E-state index >= 15 is 0 Å². The molecule has 1 N–H and O–H groups in total. The van der Waals surface area contributed by atoms with Crippen LogP contribution in [0, 0.1) is 12.3 Å². The highest BCUT2D eigenvalue weighted by atomic mass is 32.2. The minimum absolute atomic E-state index is 0.125. The van der Waals surface area contributed by atoms with E-state index < -0.39 is 10.8 Å². The molecule has 2 atom stereocenters. The molecule has 0 aromatic heterocycles. The van der Waals surface area contributed by atoms with E-state index in [4.69, 9.17) is 6.42 Å². The highest BCUT2D eigenvalue weighted by Gasteiger charge is 2.17. The van der Waals surface area contributed by atoms with Crippen molar-refractivity contribution in [3.05, 3.63) is 59.7 Å². The van der Waals surface area contributed by atoms with Gasteiger partial charge in [0.2, 0.25) is 0 Å². The first-order chi connectivity index (χ1) is 11.4. The van der Waals surface area contributed by atoms with Crippen LogP contribution in [-0.4, -0.2) is 28.4 Å². The van der Waals surface area contributed by atoms with Gasteiger partial charge >= 0.3 is 6.03 Å². The van der Waals surface area contributed by atoms with Gasteiger partial charge in [-0.2, -0.15) is 0 Å². The van der Waals surface area contributed by atoms with Crippen LogP contribution in [0.1, 0.15) is 24.1 Å². The quantitative estimate of drug-likeness (QED) is 0.864. The van der Waals surface area contributed by atoms with Gasteiger partial charge in [-0.25, -0.2) is 4.79 Å². The standard InChI is InChI=1S/C19H20N2O2S/c1-5-15-7-6-8-17(13-15)20-19(22)21(3)14(2)16-9-11-18(12-10-16)24(4)23/h1,6-14H,2-4H3,(H,20,22)/t14-,24+/m0/s1. The molecule has 0 unspecified atom stereocenters. The van der Waals surface area contributed by atoms with Crippen molar-refractivity contribution in [1.82, 2.24) is 4.90 Å². The summed E-state index contributed by atoms with van der Waals surface area (Å²) in [5, 5.41) is 2.84. The number of carbonyl (C=O) groups excluding carboxylic acids is 1. The van der Waals surface area contributed by atoms with Crippen molar-refractivity contribution in [3.8, 4) is 12.3 Å². The molecule has 2 aromatic carbocycles. The highest BCUT2D eigenvalue weighted by Crippen LogP contribution is 2.21. The van der Waals surface area contributed by atoms with Crippen LogP contribution >= 0.6 is 0 Å². The molecule has 5 heteroatoms. The van der Waals surface area contributed by atoms with Crippen LogP contribution in [0.4, 0.5) is 10.5 Å². The fourth-order valence-electron chi connectivity index (χ4n) is 2.24. The summed E-state index contributed by atoms with van der Waals surface area (Å²) in [4.78, 5) is 14.8. The van der Waals surface area contributed by atoms with Crippen LogP contribution in [0.2, 0.25) is 0 Å². The van der Waals surface area contributed by atoms with Crippen molar-refractivity contribution in [2.75, 3.05) is 18.6 Å². The normalized spacial score (nSPS) is 12.8. The first kappa shape index (κ1) is 17.8. The van der Waals surface area contributed by atoms with E-state index in [0.29, 0.717) is 11.3 Å². The lowest BCUT2D eigenvalue weighted by Gasteiger charge is -2.25. The molecule has 0 radical (unpaired) electrons. The average molecular weight is 340 g/mol. The molecule has 0 fully saturated rings. The summed E-state index contributed by atoms with van der Waals surface area (Å²) in [7, 11) is 0.724. The molecule has 0 aliphatic rings. The number of hydrogen-bond donors (Lipinski definition) is 1. The number of rotatable bonds is 4. The van der Waals surface area contributed by atoms with Crippen molar-refractivity contribution in [2.45, 2.75) is 17.9 Å². The summed E-state index contributed by atoms with van der Waals surface area (Å²) in [6.45, 7) is 1.94. The van der Waals surface area contributed by atoms with E-state index in [1.54, 1.807) is 42.5 Å². The van der Waals surface area contributed by atoms with Crippen LogP contribution in [-0.2, 0) is 10.8 Å². The Morgan fingerprint density at radius 1 is 1.25 bits per heavy atom. The number of urea groups is 1. The Balaban J connectivity index is 2.08. The second-order valence-corrected chi connectivity index (χ2v) is 6.84. The third-order valence-electron chi connectivity index (χ3n) is 3.88. The lowest BCUT2D eigenvalue weighted by Crippen LogP contribution is -2.33. The third-order valence-corrected chi connectivity index (χ3v) is 4.81. The van der Waals surface area contributed by atoms with Crippen LogP contribution in [0.25, 0.3) is 0 Å². The number of anilines is 1. The van der Waals surface area contributed by atoms with Crippen molar-refractivity contribution < 1.29 is 9.00 Å². The van der Waals surface area contributed by atoms with Gasteiger partial charge in [-0.05, 0) is 42.8 Å². The zero-order valence-electron chi connectivity index (χ0n) is 13.9. The Kier molecular flexibility index (Phi) is 5.78. The van der Waals surface area contributed by atoms with Crippen LogP contribution < -0.4 is 5.32 Å². The summed E-state index contributed by atoms with van der Waals surface area (Å²) in [5.41, 5.74) is 2.34. The Morgan fingerprint density at radius 2 is 1.92 bits per heavy atom. The van der Waals surface area contributed by atoms with Crippen molar-refractivity contribution in [2.24, 2.45) is 0 Å². The predicted octanol–water partition coefficient (Wildman–Crippen LogP) is 3.63. The molecule has 0 saturated carbocycles. The van der Waals surface area contributed by atoms with Gasteiger partial charge in [0.1, 0.15) is 0 Å². The van der Waals surface area contributed by atoms with Gasteiger partial charge in [-0.15, -0.1) is 6.42 Å². The first-order valence-corrected chi connectivity index (χ1v) is 9.02. The lowest BCUT2D eigenvalue weighted by atomic mass is 10.1. The maximum absolute atomic E-state index is 12.4. The summed E-state index contributed by atoms with van der Waals surface area (Å²) in [6.07, 6.45) is 7.01. The summed E-state index contributed by atoms with van der Waals surface area (Å²) >= 11 is 0. The number of carbonyl (C=O) groups is 1. The molecule has 0 aliphatic carbocycles. The maximum Gasteiger partial charge on any atom is 0.322 e. The van der Waals surface area contributed by atoms with E-state index in [9.17, 15) is 9.00 Å². The van der Waals surface area contributed by atoms with E-state index in [2.05, 4.69) is 11.2 Å². The molecule has 2 aromatic rings. The molecule has 0 heterocycles. The monoisotopic (exact) mass is 340 g/mol. The van der Waals surface area contributed by atoms with Crippen LogP contribution in [0.5, 0.6) is 0 Å². The molecule has 0 spiro atoms. The zero-order chi connectivity index (χ0) is 17.7. The summed E-state index contributed by atoms with van der Waals surface area (Å²) in [5.74, 6) is 2.54. The van der Waals surface area contributed by atoms with Gasteiger partial charge in [0.15, 0.2) is 0 Å². The fraction of sp³-hybridized carbons (Fsp3) is 0.211. The van der Waals surface area contributed by atoms with Gasteiger partial charge in [0, 0.05) is 40.2 Å². The molecule has 24 heavy (non-hydrogen) atoms. The molecule has 2 amide bonds. The number of benzene rings is 2. The van der Waals surface area contributed by atoms with E-state index in [0.717, 1.165) is 10.5 Å². The van der Waals surface area contributed by atoms with E-state index in [1.165, 1.54) is 0 Å². The third kappa shape index (κ3) is 4.24. The van der Waals surface area contributed by atoms with Gasteiger partial charge in [0.05, 0.1) is 6.04 Å². The van der Waals surface area contributed by atoms with Crippen molar-refractivity contribution in [3.63, 3.8) is 0 Å². The molecule has 0 bridgehead atoms. The number of hydrogen-bond acceptors (Lipinski definition) is 2. The van der Waals surface area contributed by atoms with Crippen LogP contribution in [0.15, 0.2) is 53.4 Å². The topological polar surface area (TPSA) is 49.4 Å². The molecule has 124 valence electrons. The van der Waals surface area contributed by atoms with Crippen molar-refractivity contribution in [1.29, 1.82) is 0 Å². The summed E-state index contributed by atoms with van der Waals surface area (Å²) < 4.78 is 11.4. The molecular formula is C19H20N2O2S.